The van der Waals surface area contributed by atoms with Crippen LogP contribution in [-0.2, 0) is 11.3 Å². The van der Waals surface area contributed by atoms with Gasteiger partial charge in [0, 0.05) is 6.61 Å². The van der Waals surface area contributed by atoms with Crippen molar-refractivity contribution in [1.29, 1.82) is 0 Å². The van der Waals surface area contributed by atoms with Crippen LogP contribution in [0.1, 0.15) is 18.2 Å². The fraction of sp³-hybridized carbons (Fsp3) is 0.714. The average Bonchev–Trinajstić information content (AvgIpc) is 2.74. The Labute approximate surface area is 70.0 Å². The molecule has 5 nitrogen and oxygen atoms in total. The summed E-state index contributed by atoms with van der Waals surface area (Å²) in [5.41, 5.74) is 0.755. The van der Waals surface area contributed by atoms with Gasteiger partial charge in [0.2, 0.25) is 0 Å². The molecule has 66 valence electrons. The predicted molar refractivity (Wildman–Crippen MR) is 40.4 cm³/mol. The van der Waals surface area contributed by atoms with Crippen molar-refractivity contribution in [1.82, 2.24) is 15.0 Å². The Morgan fingerprint density at radius 3 is 3.33 bits per heavy atom. The molecule has 1 N–H and O–H groups in total. The molecule has 1 aliphatic rings. The van der Waals surface area contributed by atoms with Crippen molar-refractivity contribution in [2.24, 2.45) is 0 Å². The number of aliphatic hydroxyl groups is 1. The molecule has 1 aliphatic heterocycles. The Morgan fingerprint density at radius 1 is 1.75 bits per heavy atom. The van der Waals surface area contributed by atoms with E-state index in [4.69, 9.17) is 9.84 Å². The third-order valence-electron chi connectivity index (χ3n) is 2.06. The summed E-state index contributed by atoms with van der Waals surface area (Å²) >= 11 is 0. The highest BCUT2D eigenvalue weighted by molar-refractivity contribution is 4.94. The number of aliphatic hydroxyl groups excluding tert-OH is 1. The summed E-state index contributed by atoms with van der Waals surface area (Å²) in [6.45, 7) is 1.44. The molecule has 1 fully saturated rings. The Kier molecular flexibility index (Phi) is 2.05. The van der Waals surface area contributed by atoms with Crippen LogP contribution in [0.5, 0.6) is 0 Å². The van der Waals surface area contributed by atoms with E-state index in [-0.39, 0.29) is 12.6 Å². The van der Waals surface area contributed by atoms with E-state index >= 15 is 0 Å². The minimum Gasteiger partial charge on any atom is -0.390 e. The normalized spacial score (nSPS) is 23.2. The van der Waals surface area contributed by atoms with E-state index in [0.29, 0.717) is 6.61 Å². The topological polar surface area (TPSA) is 60.2 Å². The first kappa shape index (κ1) is 7.70. The summed E-state index contributed by atoms with van der Waals surface area (Å²) in [5, 5.41) is 16.6. The molecule has 2 rings (SSSR count). The van der Waals surface area contributed by atoms with Crippen LogP contribution in [0.4, 0.5) is 0 Å². The summed E-state index contributed by atoms with van der Waals surface area (Å²) in [6.07, 6.45) is 2.54. The maximum atomic E-state index is 8.93. The van der Waals surface area contributed by atoms with Gasteiger partial charge in [-0.2, -0.15) is 0 Å². The number of ether oxygens (including phenoxy) is 1. The van der Waals surface area contributed by atoms with Crippen LogP contribution in [0.15, 0.2) is 6.20 Å². The van der Waals surface area contributed by atoms with Gasteiger partial charge in [-0.05, 0) is 6.42 Å². The van der Waals surface area contributed by atoms with Crippen LogP contribution in [0.3, 0.4) is 0 Å². The van der Waals surface area contributed by atoms with Gasteiger partial charge in [-0.3, -0.25) is 0 Å². The molecule has 0 bridgehead atoms. The second kappa shape index (κ2) is 3.20. The first-order chi connectivity index (χ1) is 5.92. The zero-order valence-electron chi connectivity index (χ0n) is 6.68. The second-order valence-electron chi connectivity index (χ2n) is 2.85. The molecule has 12 heavy (non-hydrogen) atoms. The van der Waals surface area contributed by atoms with E-state index < -0.39 is 0 Å². The van der Waals surface area contributed by atoms with E-state index in [2.05, 4.69) is 10.3 Å². The quantitative estimate of drug-likeness (QED) is 0.662. The molecule has 0 amide bonds. The second-order valence-corrected chi connectivity index (χ2v) is 2.85. The number of hydrogen-bond acceptors (Lipinski definition) is 4. The van der Waals surface area contributed by atoms with Gasteiger partial charge in [0.1, 0.15) is 0 Å². The van der Waals surface area contributed by atoms with Crippen LogP contribution in [0, 0.1) is 0 Å². The van der Waals surface area contributed by atoms with Crippen LogP contribution in [0.25, 0.3) is 0 Å². The minimum atomic E-state index is -0.0104. The Hall–Kier alpha value is -0.940. The first-order valence-corrected chi connectivity index (χ1v) is 3.99. The Bertz CT molecular complexity index is 255. The van der Waals surface area contributed by atoms with Crippen molar-refractivity contribution in [3.8, 4) is 0 Å². The van der Waals surface area contributed by atoms with Gasteiger partial charge >= 0.3 is 0 Å². The molecule has 1 atom stereocenters. The molecule has 0 aromatic carbocycles. The lowest BCUT2D eigenvalue weighted by Gasteiger charge is -2.09. The van der Waals surface area contributed by atoms with Crippen molar-refractivity contribution in [2.45, 2.75) is 19.1 Å². The van der Waals surface area contributed by atoms with Crippen LogP contribution >= 0.6 is 0 Å². The van der Waals surface area contributed by atoms with Crippen molar-refractivity contribution in [2.75, 3.05) is 13.2 Å². The number of aromatic nitrogens is 3. The molecule has 1 aromatic heterocycles. The van der Waals surface area contributed by atoms with Gasteiger partial charge in [0.15, 0.2) is 0 Å². The van der Waals surface area contributed by atoms with Crippen molar-refractivity contribution in [3.63, 3.8) is 0 Å². The number of hydrogen-bond donors (Lipinski definition) is 1. The van der Waals surface area contributed by atoms with Crippen molar-refractivity contribution >= 4 is 0 Å². The SMILES string of the molecule is OCc1cnnn1C1CCOC1. The fourth-order valence-corrected chi connectivity index (χ4v) is 1.40. The largest absolute Gasteiger partial charge is 0.390 e. The monoisotopic (exact) mass is 169 g/mol. The summed E-state index contributed by atoms with van der Waals surface area (Å²) in [5.74, 6) is 0. The van der Waals surface area contributed by atoms with Gasteiger partial charge in [0.05, 0.1) is 31.1 Å². The maximum Gasteiger partial charge on any atom is 0.0866 e. The minimum absolute atomic E-state index is 0.0104. The van der Waals surface area contributed by atoms with E-state index in [0.717, 1.165) is 18.7 Å². The highest BCUT2D eigenvalue weighted by atomic mass is 16.5. The third-order valence-corrected chi connectivity index (χ3v) is 2.06. The van der Waals surface area contributed by atoms with Gasteiger partial charge in [-0.15, -0.1) is 5.10 Å². The van der Waals surface area contributed by atoms with E-state index in [1.807, 2.05) is 0 Å². The van der Waals surface area contributed by atoms with Crippen LogP contribution in [0.2, 0.25) is 0 Å². The molecule has 1 saturated heterocycles. The van der Waals surface area contributed by atoms with E-state index in [9.17, 15) is 0 Å². The molecular formula is C7H11N3O2. The van der Waals surface area contributed by atoms with Gasteiger partial charge in [-0.1, -0.05) is 5.21 Å². The smallest absolute Gasteiger partial charge is 0.0866 e. The van der Waals surface area contributed by atoms with Crippen LogP contribution < -0.4 is 0 Å². The summed E-state index contributed by atoms with van der Waals surface area (Å²) in [4.78, 5) is 0. The van der Waals surface area contributed by atoms with Gasteiger partial charge in [0.25, 0.3) is 0 Å². The lowest BCUT2D eigenvalue weighted by molar-refractivity contribution is 0.181. The third kappa shape index (κ3) is 1.21. The summed E-state index contributed by atoms with van der Waals surface area (Å²) in [6, 6.07) is 0.259. The molecule has 1 aromatic rings. The molecule has 0 saturated carbocycles. The highest BCUT2D eigenvalue weighted by Gasteiger charge is 2.20. The summed E-state index contributed by atoms with van der Waals surface area (Å²) in [7, 11) is 0. The molecular weight excluding hydrogens is 158 g/mol. The van der Waals surface area contributed by atoms with Crippen LogP contribution in [-0.4, -0.2) is 33.3 Å². The predicted octanol–water partition coefficient (Wildman–Crippen LogP) is -0.268. The average molecular weight is 169 g/mol. The standard InChI is InChI=1S/C7H11N3O2/c11-4-7-3-8-9-10(7)6-1-2-12-5-6/h3,6,11H,1-2,4-5H2. The first-order valence-electron chi connectivity index (χ1n) is 3.99. The molecule has 0 aliphatic carbocycles. The zero-order chi connectivity index (χ0) is 8.39. The Balaban J connectivity index is 2.19. The maximum absolute atomic E-state index is 8.93. The van der Waals surface area contributed by atoms with Crippen molar-refractivity contribution < 1.29 is 9.84 Å². The summed E-state index contributed by atoms with van der Waals surface area (Å²) < 4.78 is 6.95. The lowest BCUT2D eigenvalue weighted by atomic mass is 10.2. The van der Waals surface area contributed by atoms with Crippen molar-refractivity contribution in [3.05, 3.63) is 11.9 Å². The molecule has 0 radical (unpaired) electrons. The fourth-order valence-electron chi connectivity index (χ4n) is 1.40. The van der Waals surface area contributed by atoms with Gasteiger partial charge < -0.3 is 9.84 Å². The number of rotatable bonds is 2. The molecule has 1 unspecified atom stereocenters. The molecule has 0 spiro atoms. The van der Waals surface area contributed by atoms with E-state index in [1.54, 1.807) is 10.9 Å². The zero-order valence-corrected chi connectivity index (χ0v) is 6.68. The molecule has 2 heterocycles. The lowest BCUT2D eigenvalue weighted by Crippen LogP contribution is -2.13. The van der Waals surface area contributed by atoms with E-state index in [1.165, 1.54) is 0 Å². The highest BCUT2D eigenvalue weighted by Crippen LogP contribution is 2.18. The van der Waals surface area contributed by atoms with Gasteiger partial charge in [-0.25, -0.2) is 4.68 Å². The Morgan fingerprint density at radius 2 is 2.67 bits per heavy atom. The number of nitrogens with zero attached hydrogens (tertiary/aromatic N) is 3. The molecule has 5 heteroatoms.